The number of carbonyl (C=O) groups is 4. The molecule has 1 aromatic heterocycles. The minimum Gasteiger partial charge on any atom is -0.507 e. The Bertz CT molecular complexity index is 2180. The van der Waals surface area contributed by atoms with Crippen LogP contribution >= 0.6 is 0 Å². The Balaban J connectivity index is 0.697. The second-order valence-corrected chi connectivity index (χ2v) is 16.8. The van der Waals surface area contributed by atoms with E-state index in [1.807, 2.05) is 23.1 Å². The molecule has 9 aliphatic rings. The van der Waals surface area contributed by atoms with Crippen molar-refractivity contribution in [2.24, 2.45) is 23.2 Å². The molecule has 55 heavy (non-hydrogen) atoms. The lowest BCUT2D eigenvalue weighted by atomic mass is 9.93. The number of amides is 4. The first-order valence-corrected chi connectivity index (χ1v) is 19.6. The average Bonchev–Trinajstić information content (AvgIpc) is 3.83. The highest BCUT2D eigenvalue weighted by Gasteiger charge is 2.91. The molecule has 15 heteroatoms. The second-order valence-electron chi connectivity index (χ2n) is 16.8. The Hall–Kier alpha value is -5.15. The number of phenols is 1. The van der Waals surface area contributed by atoms with E-state index in [4.69, 9.17) is 0 Å². The van der Waals surface area contributed by atoms with Gasteiger partial charge in [0.2, 0.25) is 11.8 Å². The van der Waals surface area contributed by atoms with Gasteiger partial charge in [-0.1, -0.05) is 12.1 Å². The Kier molecular flexibility index (Phi) is 7.20. The number of imide groups is 2. The number of halogens is 1. The summed E-state index contributed by atoms with van der Waals surface area (Å²) in [4.78, 5) is 61.2. The van der Waals surface area contributed by atoms with E-state index in [1.54, 1.807) is 30.3 Å². The summed E-state index contributed by atoms with van der Waals surface area (Å²) >= 11 is 0. The van der Waals surface area contributed by atoms with Crippen molar-refractivity contribution in [1.29, 1.82) is 0 Å². The number of aromatic hydroxyl groups is 1. The molecule has 284 valence electrons. The molecular weight excluding hydrogens is 705 g/mol. The van der Waals surface area contributed by atoms with Gasteiger partial charge in [0.25, 0.3) is 11.8 Å². The molecule has 2 unspecified atom stereocenters. The lowest BCUT2D eigenvalue weighted by Gasteiger charge is -2.46. The normalized spacial score (nSPS) is 33.5. The molecule has 8 atom stereocenters. The average molecular weight is 748 g/mol. The molecule has 0 radical (unpaired) electrons. The monoisotopic (exact) mass is 747 g/mol. The van der Waals surface area contributed by atoms with Crippen LogP contribution in [0.2, 0.25) is 0 Å². The summed E-state index contributed by atoms with van der Waals surface area (Å²) in [6.45, 7) is 7.45. The zero-order valence-electron chi connectivity index (χ0n) is 30.2. The number of fused-ring (bicyclic) bond motifs is 5. The zero-order chi connectivity index (χ0) is 37.3. The van der Waals surface area contributed by atoms with Gasteiger partial charge in [0.05, 0.1) is 28.6 Å². The highest BCUT2D eigenvalue weighted by atomic mass is 19.1. The van der Waals surface area contributed by atoms with E-state index in [2.05, 4.69) is 35.5 Å². The third-order valence-corrected chi connectivity index (χ3v) is 14.0. The molecule has 7 aliphatic heterocycles. The first kappa shape index (κ1) is 33.2. The van der Waals surface area contributed by atoms with E-state index in [1.165, 1.54) is 0 Å². The number of hydrogen-bond donors (Lipinski definition) is 3. The fourth-order valence-electron chi connectivity index (χ4n) is 11.1. The molecule has 7 fully saturated rings. The van der Waals surface area contributed by atoms with Crippen molar-refractivity contribution in [2.75, 3.05) is 74.0 Å². The van der Waals surface area contributed by atoms with Crippen LogP contribution in [0.25, 0.3) is 11.3 Å². The molecule has 4 amide bonds. The maximum absolute atomic E-state index is 15.9. The van der Waals surface area contributed by atoms with Crippen LogP contribution in [-0.4, -0.2) is 137 Å². The van der Waals surface area contributed by atoms with E-state index in [9.17, 15) is 24.3 Å². The molecule has 2 aromatic carbocycles. The van der Waals surface area contributed by atoms with Crippen molar-refractivity contribution in [2.45, 2.75) is 43.6 Å². The van der Waals surface area contributed by atoms with Gasteiger partial charge in [0.15, 0.2) is 5.82 Å². The van der Waals surface area contributed by atoms with E-state index in [0.717, 1.165) is 68.1 Å². The van der Waals surface area contributed by atoms with Crippen LogP contribution in [0.3, 0.4) is 0 Å². The molecule has 0 spiro atoms. The van der Waals surface area contributed by atoms with Crippen molar-refractivity contribution in [3.63, 3.8) is 0 Å². The highest BCUT2D eigenvalue weighted by Crippen LogP contribution is 2.85. The van der Waals surface area contributed by atoms with Crippen LogP contribution in [0, 0.1) is 23.2 Å². The molecule has 14 nitrogen and oxygen atoms in total. The summed E-state index contributed by atoms with van der Waals surface area (Å²) in [5.41, 5.74) is 3.86. The largest absolute Gasteiger partial charge is 0.507 e. The van der Waals surface area contributed by atoms with E-state index >= 15 is 4.39 Å². The minimum absolute atomic E-state index is 0.0598. The fourth-order valence-corrected chi connectivity index (χ4v) is 11.1. The summed E-state index contributed by atoms with van der Waals surface area (Å²) < 4.78 is 15.9. The van der Waals surface area contributed by atoms with Crippen molar-refractivity contribution < 1.29 is 28.7 Å². The van der Waals surface area contributed by atoms with Crippen LogP contribution in [0.1, 0.15) is 40.0 Å². The van der Waals surface area contributed by atoms with Crippen LogP contribution in [0.4, 0.5) is 21.6 Å². The molecule has 8 heterocycles. The number of piperidine rings is 3. The predicted octanol–water partition coefficient (Wildman–Crippen LogP) is 1.96. The number of aromatic nitrogens is 2. The molecular formula is C40H42FN9O5. The Morgan fingerprint density at radius 2 is 1.76 bits per heavy atom. The lowest BCUT2D eigenvalue weighted by molar-refractivity contribution is -0.136. The number of hydrogen-bond acceptors (Lipinski definition) is 12. The van der Waals surface area contributed by atoms with Gasteiger partial charge in [0.1, 0.15) is 18.0 Å². The number of anilines is 3. The van der Waals surface area contributed by atoms with Gasteiger partial charge in [0, 0.05) is 93.9 Å². The maximum atomic E-state index is 15.9. The topological polar surface area (TPSA) is 155 Å². The molecule has 12 rings (SSSR count). The lowest BCUT2D eigenvalue weighted by Crippen LogP contribution is -2.58. The van der Waals surface area contributed by atoms with Crippen LogP contribution in [0.15, 0.2) is 48.5 Å². The number of benzene rings is 2. The highest BCUT2D eigenvalue weighted by molar-refractivity contribution is 6.23. The van der Waals surface area contributed by atoms with Crippen LogP contribution in [-0.2, 0) is 9.59 Å². The molecule has 2 aliphatic carbocycles. The van der Waals surface area contributed by atoms with Crippen molar-refractivity contribution >= 4 is 40.8 Å². The van der Waals surface area contributed by atoms with E-state index in [-0.39, 0.29) is 42.2 Å². The maximum Gasteiger partial charge on any atom is 0.262 e. The number of nitrogens with one attached hydrogen (secondary N) is 2. The first-order chi connectivity index (χ1) is 26.7. The fraction of sp³-hybridized carbons (Fsp3) is 0.500. The van der Waals surface area contributed by atoms with Gasteiger partial charge in [-0.05, 0) is 61.1 Å². The standard InChI is InChI=1S/C40H42FN9O5/c41-28-19-47(22-5-6-24-26(13-22)39(55)50(38(24)54)30-7-8-33(52)43-37(30)53)10-9-21(28)16-48-18-27-34-35(48)40(27,34)20-46-11-12-49-23(17-46)15-42-36-31(49)14-29(44-45-36)25-3-1-2-4-32(25)51/h1-6,13-14,21,23,27-28,30,34-35,51H,7-12,15-20H2,(H,42,45)(H,43,52,53)/t21-,23+,27+,28-,30?,34+,35?,40-/m1/s1. The first-order valence-electron chi connectivity index (χ1n) is 19.6. The van der Waals surface area contributed by atoms with Gasteiger partial charge >= 0.3 is 0 Å². The van der Waals surface area contributed by atoms with Crippen LogP contribution < -0.4 is 20.4 Å². The van der Waals surface area contributed by atoms with Gasteiger partial charge in [-0.15, -0.1) is 10.2 Å². The van der Waals surface area contributed by atoms with Crippen molar-refractivity contribution in [1.82, 2.24) is 30.2 Å². The number of para-hydroxylation sites is 1. The van der Waals surface area contributed by atoms with Crippen LogP contribution in [0.5, 0.6) is 5.75 Å². The van der Waals surface area contributed by atoms with E-state index in [0.29, 0.717) is 53.3 Å². The number of nitrogens with zero attached hydrogens (tertiary/aromatic N) is 7. The van der Waals surface area contributed by atoms with E-state index < -0.39 is 35.8 Å². The summed E-state index contributed by atoms with van der Waals surface area (Å²) in [7, 11) is 0. The summed E-state index contributed by atoms with van der Waals surface area (Å²) in [6, 6.07) is 14.1. The molecule has 2 bridgehead atoms. The summed E-state index contributed by atoms with van der Waals surface area (Å²) in [5.74, 6) is 0.219. The molecule has 3 N–H and O–H groups in total. The zero-order valence-corrected chi connectivity index (χ0v) is 30.2. The number of carbonyl (C=O) groups excluding carboxylic acids is 4. The third-order valence-electron chi connectivity index (χ3n) is 14.0. The predicted molar refractivity (Wildman–Crippen MR) is 198 cm³/mol. The number of rotatable bonds is 7. The minimum atomic E-state index is -1.02. The molecule has 5 saturated heterocycles. The second kappa shape index (κ2) is 11.9. The smallest absolute Gasteiger partial charge is 0.262 e. The number of phenolic OH excluding ortho intramolecular Hbond substituents is 1. The van der Waals surface area contributed by atoms with Gasteiger partial charge in [-0.25, -0.2) is 4.39 Å². The van der Waals surface area contributed by atoms with Crippen molar-refractivity contribution in [3.05, 3.63) is 59.7 Å². The molecule has 2 saturated carbocycles. The quantitative estimate of drug-likeness (QED) is 0.303. The Morgan fingerprint density at radius 1 is 0.909 bits per heavy atom. The Morgan fingerprint density at radius 3 is 2.58 bits per heavy atom. The Labute approximate surface area is 316 Å². The van der Waals surface area contributed by atoms with Gasteiger partial charge in [-0.2, -0.15) is 0 Å². The number of piperazine rings is 1. The van der Waals surface area contributed by atoms with Crippen molar-refractivity contribution in [3.8, 4) is 17.0 Å². The van der Waals surface area contributed by atoms with Gasteiger partial charge in [-0.3, -0.25) is 39.2 Å². The number of alkyl halides is 1. The summed E-state index contributed by atoms with van der Waals surface area (Å²) in [6.07, 6.45) is -0.150. The molecule has 3 aromatic rings. The summed E-state index contributed by atoms with van der Waals surface area (Å²) in [5, 5.41) is 25.0. The van der Waals surface area contributed by atoms with Gasteiger partial charge < -0.3 is 20.2 Å². The third kappa shape index (κ3) is 4.97. The SMILES string of the molecule is O=C1CCC(N2C(=O)c3ccc(N4CC[C@H](CN5C[C@H]6[C@H]7C5[C@@]76CN5CCN6c7cc(-c8ccccc8O)nnc7NC[C@H]6C5)[C@H](F)C4)cc3C2=O)C(=O)N1.